The molecule has 0 aliphatic carbocycles. The van der Waals surface area contributed by atoms with Crippen LogP contribution in [0, 0.1) is 3.57 Å². The van der Waals surface area contributed by atoms with Gasteiger partial charge >= 0.3 is 0 Å². The Morgan fingerprint density at radius 1 is 1.29 bits per heavy atom. The average molecular weight is 479 g/mol. The normalized spacial score (nSPS) is 10.5. The maximum atomic E-state index is 12.7. The van der Waals surface area contributed by atoms with E-state index >= 15 is 0 Å². The summed E-state index contributed by atoms with van der Waals surface area (Å²) in [5.41, 5.74) is 1.63. The van der Waals surface area contributed by atoms with Crippen molar-refractivity contribution in [1.82, 2.24) is 4.90 Å². The molecule has 2 aromatic rings. The first kappa shape index (κ1) is 16.8. The molecule has 2 aromatic carbocycles. The molecule has 110 valence electrons. The van der Waals surface area contributed by atoms with Crippen LogP contribution in [0.15, 0.2) is 46.9 Å². The minimum Gasteiger partial charge on any atom is -0.335 e. The molecule has 0 atom stereocenters. The van der Waals surface area contributed by atoms with E-state index < -0.39 is 0 Å². The van der Waals surface area contributed by atoms with Crippen LogP contribution in [0.5, 0.6) is 0 Å². The zero-order valence-corrected chi connectivity index (χ0v) is 15.9. The van der Waals surface area contributed by atoms with Crippen LogP contribution >= 0.6 is 50.1 Å². The van der Waals surface area contributed by atoms with Gasteiger partial charge in [0.05, 0.1) is 5.56 Å². The fourth-order valence-corrected chi connectivity index (χ4v) is 3.09. The van der Waals surface area contributed by atoms with Crippen LogP contribution in [0.4, 0.5) is 0 Å². The van der Waals surface area contributed by atoms with Crippen molar-refractivity contribution >= 4 is 56.0 Å². The van der Waals surface area contributed by atoms with Crippen molar-refractivity contribution < 1.29 is 4.79 Å². The second-order valence-corrected chi connectivity index (χ2v) is 7.04. The van der Waals surface area contributed by atoms with Gasteiger partial charge < -0.3 is 4.90 Å². The van der Waals surface area contributed by atoms with Gasteiger partial charge in [-0.25, -0.2) is 0 Å². The number of amides is 1. The fraction of sp³-hybridized carbons (Fsp3) is 0.188. The van der Waals surface area contributed by atoms with Crippen LogP contribution in [0.25, 0.3) is 0 Å². The van der Waals surface area contributed by atoms with Crippen molar-refractivity contribution in [2.45, 2.75) is 13.5 Å². The minimum absolute atomic E-state index is 0.00260. The summed E-state index contributed by atoms with van der Waals surface area (Å²) in [4.78, 5) is 14.5. The average Bonchev–Trinajstić information content (AvgIpc) is 2.48. The highest BCUT2D eigenvalue weighted by Gasteiger charge is 2.18. The Labute approximate surface area is 151 Å². The Hall–Kier alpha value is -0.590. The molecule has 2 nitrogen and oxygen atoms in total. The number of nitrogens with zero attached hydrogens (tertiary/aromatic N) is 1. The monoisotopic (exact) mass is 477 g/mol. The fourth-order valence-electron chi connectivity index (χ4n) is 1.99. The number of hydrogen-bond donors (Lipinski definition) is 0. The molecule has 0 bridgehead atoms. The van der Waals surface area contributed by atoms with E-state index in [9.17, 15) is 4.79 Å². The highest BCUT2D eigenvalue weighted by molar-refractivity contribution is 14.1. The third kappa shape index (κ3) is 4.20. The second-order valence-electron chi connectivity index (χ2n) is 4.53. The number of rotatable bonds is 4. The van der Waals surface area contributed by atoms with Crippen LogP contribution in [0.1, 0.15) is 22.8 Å². The van der Waals surface area contributed by atoms with Gasteiger partial charge in [0.15, 0.2) is 0 Å². The topological polar surface area (TPSA) is 20.3 Å². The van der Waals surface area contributed by atoms with Crippen LogP contribution < -0.4 is 0 Å². The molecule has 0 spiro atoms. The van der Waals surface area contributed by atoms with Crippen molar-refractivity contribution in [1.29, 1.82) is 0 Å². The molecule has 0 fully saturated rings. The van der Waals surface area contributed by atoms with Gasteiger partial charge in [0.1, 0.15) is 0 Å². The van der Waals surface area contributed by atoms with Crippen LogP contribution in [0.2, 0.25) is 5.02 Å². The number of halogens is 3. The predicted molar refractivity (Wildman–Crippen MR) is 98.7 cm³/mol. The number of carbonyl (C=O) groups excluding carboxylic acids is 1. The van der Waals surface area contributed by atoms with E-state index in [0.29, 0.717) is 23.7 Å². The van der Waals surface area contributed by atoms with Crippen LogP contribution in [0.3, 0.4) is 0 Å². The maximum Gasteiger partial charge on any atom is 0.255 e. The van der Waals surface area contributed by atoms with Crippen molar-refractivity contribution in [2.24, 2.45) is 0 Å². The van der Waals surface area contributed by atoms with Crippen molar-refractivity contribution in [3.05, 3.63) is 66.7 Å². The molecule has 0 saturated heterocycles. The molecule has 0 aliphatic rings. The molecule has 2 rings (SSSR count). The van der Waals surface area contributed by atoms with E-state index in [4.69, 9.17) is 11.6 Å². The van der Waals surface area contributed by atoms with Crippen molar-refractivity contribution in [2.75, 3.05) is 6.54 Å². The van der Waals surface area contributed by atoms with Crippen LogP contribution in [-0.2, 0) is 6.54 Å². The Bertz CT molecular complexity index is 662. The largest absolute Gasteiger partial charge is 0.335 e. The standard InChI is InChI=1S/C16H14BrClINO/c1-2-20(10-11-5-3-4-6-15(11)18)16(21)13-9-12(19)7-8-14(13)17/h3-9H,2,10H2,1H3. The van der Waals surface area contributed by atoms with Gasteiger partial charge in [-0.3, -0.25) is 4.79 Å². The van der Waals surface area contributed by atoms with Gasteiger partial charge in [-0.15, -0.1) is 0 Å². The Morgan fingerprint density at radius 2 is 2.00 bits per heavy atom. The first-order valence-electron chi connectivity index (χ1n) is 6.50. The molecule has 0 heterocycles. The lowest BCUT2D eigenvalue weighted by molar-refractivity contribution is 0.0751. The number of hydrogen-bond acceptors (Lipinski definition) is 1. The summed E-state index contributed by atoms with van der Waals surface area (Å²) in [6.07, 6.45) is 0. The summed E-state index contributed by atoms with van der Waals surface area (Å²) in [6.45, 7) is 3.10. The van der Waals surface area contributed by atoms with Crippen molar-refractivity contribution in [3.63, 3.8) is 0 Å². The Morgan fingerprint density at radius 3 is 2.67 bits per heavy atom. The smallest absolute Gasteiger partial charge is 0.255 e. The molecule has 1 amide bonds. The summed E-state index contributed by atoms with van der Waals surface area (Å²) in [6, 6.07) is 13.4. The molecule has 0 saturated carbocycles. The van der Waals surface area contributed by atoms with E-state index in [0.717, 1.165) is 13.6 Å². The lowest BCUT2D eigenvalue weighted by atomic mass is 10.1. The second kappa shape index (κ2) is 7.61. The lowest BCUT2D eigenvalue weighted by Crippen LogP contribution is -2.30. The van der Waals surface area contributed by atoms with E-state index in [1.165, 1.54) is 0 Å². The SMILES string of the molecule is CCN(Cc1ccccc1Cl)C(=O)c1cc(I)ccc1Br. The Balaban J connectivity index is 2.27. The molecular formula is C16H14BrClINO. The summed E-state index contributed by atoms with van der Waals surface area (Å²) in [5, 5.41) is 0.686. The molecular weight excluding hydrogens is 464 g/mol. The summed E-state index contributed by atoms with van der Waals surface area (Å²) in [7, 11) is 0. The minimum atomic E-state index is 0.00260. The third-order valence-electron chi connectivity index (χ3n) is 3.15. The highest BCUT2D eigenvalue weighted by atomic mass is 127. The Kier molecular flexibility index (Phi) is 6.08. The van der Waals surface area contributed by atoms with Crippen molar-refractivity contribution in [3.8, 4) is 0 Å². The molecule has 21 heavy (non-hydrogen) atoms. The lowest BCUT2D eigenvalue weighted by Gasteiger charge is -2.22. The van der Waals surface area contributed by atoms with Gasteiger partial charge in [-0.2, -0.15) is 0 Å². The summed E-state index contributed by atoms with van der Waals surface area (Å²) < 4.78 is 1.85. The first-order valence-corrected chi connectivity index (χ1v) is 8.75. The first-order chi connectivity index (χ1) is 10.0. The van der Waals surface area contributed by atoms with Gasteiger partial charge in [0, 0.05) is 26.2 Å². The number of benzene rings is 2. The maximum absolute atomic E-state index is 12.7. The zero-order valence-electron chi connectivity index (χ0n) is 11.4. The van der Waals surface area contributed by atoms with Crippen LogP contribution in [-0.4, -0.2) is 17.4 Å². The number of carbonyl (C=O) groups is 1. The molecule has 0 unspecified atom stereocenters. The van der Waals surface area contributed by atoms with Gasteiger partial charge in [-0.05, 0) is 75.3 Å². The van der Waals surface area contributed by atoms with E-state index in [2.05, 4.69) is 38.5 Å². The quantitative estimate of drug-likeness (QED) is 0.541. The van der Waals surface area contributed by atoms with E-state index in [1.54, 1.807) is 4.90 Å². The molecule has 0 N–H and O–H groups in total. The van der Waals surface area contributed by atoms with Gasteiger partial charge in [0.2, 0.25) is 0 Å². The van der Waals surface area contributed by atoms with Gasteiger partial charge in [-0.1, -0.05) is 29.8 Å². The highest BCUT2D eigenvalue weighted by Crippen LogP contribution is 2.23. The summed E-state index contributed by atoms with van der Waals surface area (Å²) >= 11 is 11.8. The zero-order chi connectivity index (χ0) is 15.4. The molecule has 0 aliphatic heterocycles. The molecule has 5 heteroatoms. The van der Waals surface area contributed by atoms with E-state index in [-0.39, 0.29) is 5.91 Å². The molecule has 0 radical (unpaired) electrons. The predicted octanol–water partition coefficient (Wildman–Crippen LogP) is 5.37. The van der Waals surface area contributed by atoms with E-state index in [1.807, 2.05) is 49.4 Å². The van der Waals surface area contributed by atoms with Gasteiger partial charge in [0.25, 0.3) is 5.91 Å². The summed E-state index contributed by atoms with van der Waals surface area (Å²) in [5.74, 6) is 0.00260. The molecule has 0 aromatic heterocycles. The third-order valence-corrected chi connectivity index (χ3v) is 4.88.